The van der Waals surface area contributed by atoms with Crippen LogP contribution in [-0.4, -0.2) is 113 Å². The van der Waals surface area contributed by atoms with E-state index in [0.29, 0.717) is 31.0 Å². The number of rotatable bonds is 9. The van der Waals surface area contributed by atoms with Crippen LogP contribution in [0.3, 0.4) is 0 Å². The van der Waals surface area contributed by atoms with Crippen LogP contribution in [0.2, 0.25) is 0 Å². The van der Waals surface area contributed by atoms with Crippen molar-refractivity contribution in [2.24, 2.45) is 17.6 Å². The van der Waals surface area contributed by atoms with E-state index in [-0.39, 0.29) is 53.6 Å². The second-order valence-electron chi connectivity index (χ2n) is 10.8. The topological polar surface area (TPSA) is 216 Å². The van der Waals surface area contributed by atoms with Crippen LogP contribution in [0.5, 0.6) is 0 Å². The predicted molar refractivity (Wildman–Crippen MR) is 135 cm³/mol. The number of hydrogen-bond donors (Lipinski definition) is 5. The standard InChI is InChI=1S/C23H32N10O5S/c1-11-17-16(12(2)28-15(34)7-32-10-27-29-30-32)21(36)33(17)18(22(37)38)19(11)39-13-5-14(26-6-13)20(35)31-8-23(25,9-31)3-4-24/h10-14,16-17,22,26,37-38H,3,5-9,25H2,1-2H3,(H,28,34)/t11-,12-,13+,14+,16-,17-/m1/s1. The second-order valence-corrected chi connectivity index (χ2v) is 12.2. The number of fused-ring (bicyclic) bond motifs is 1. The first kappa shape index (κ1) is 27.5. The molecule has 6 atom stereocenters. The quantitative estimate of drug-likeness (QED) is 0.152. The molecule has 210 valence electrons. The zero-order valence-electron chi connectivity index (χ0n) is 21.6. The highest BCUT2D eigenvalue weighted by Crippen LogP contribution is 2.52. The van der Waals surface area contributed by atoms with Crippen LogP contribution in [0.1, 0.15) is 26.7 Å². The number of amides is 3. The van der Waals surface area contributed by atoms with Gasteiger partial charge in [0, 0.05) is 41.7 Å². The molecule has 5 heterocycles. The third-order valence-corrected chi connectivity index (χ3v) is 9.46. The summed E-state index contributed by atoms with van der Waals surface area (Å²) in [4.78, 5) is 42.3. The number of nitriles is 1. The number of nitrogens with one attached hydrogen (secondary N) is 2. The lowest BCUT2D eigenvalue weighted by Crippen LogP contribution is -2.70. The summed E-state index contributed by atoms with van der Waals surface area (Å²) >= 11 is 1.46. The Labute approximate surface area is 228 Å². The molecule has 39 heavy (non-hydrogen) atoms. The van der Waals surface area contributed by atoms with Gasteiger partial charge in [0.05, 0.1) is 41.7 Å². The molecule has 0 spiro atoms. The summed E-state index contributed by atoms with van der Waals surface area (Å²) in [6.45, 7) is 4.84. The molecule has 1 aromatic heterocycles. The molecular formula is C23H32N10O5S. The monoisotopic (exact) mass is 560 g/mol. The van der Waals surface area contributed by atoms with E-state index in [1.165, 1.54) is 27.7 Å². The van der Waals surface area contributed by atoms with Gasteiger partial charge < -0.3 is 36.4 Å². The molecule has 0 saturated carbocycles. The average molecular weight is 561 g/mol. The normalized spacial score (nSPS) is 30.1. The van der Waals surface area contributed by atoms with Crippen LogP contribution in [0, 0.1) is 23.2 Å². The maximum atomic E-state index is 13.2. The van der Waals surface area contributed by atoms with Crippen LogP contribution >= 0.6 is 11.8 Å². The number of aliphatic hydroxyl groups is 2. The Kier molecular flexibility index (Phi) is 7.37. The van der Waals surface area contributed by atoms with Gasteiger partial charge in [-0.15, -0.1) is 16.9 Å². The summed E-state index contributed by atoms with van der Waals surface area (Å²) in [6, 6.07) is 0.850. The van der Waals surface area contributed by atoms with Crippen LogP contribution in [0.4, 0.5) is 0 Å². The van der Waals surface area contributed by atoms with Gasteiger partial charge in [-0.05, 0) is 23.8 Å². The van der Waals surface area contributed by atoms with Gasteiger partial charge in [0.15, 0.2) is 6.29 Å². The Morgan fingerprint density at radius 2 is 2.15 bits per heavy atom. The molecule has 0 bridgehead atoms. The highest BCUT2D eigenvalue weighted by Gasteiger charge is 2.60. The van der Waals surface area contributed by atoms with Crippen molar-refractivity contribution < 1.29 is 24.6 Å². The first-order valence-corrected chi connectivity index (χ1v) is 13.7. The van der Waals surface area contributed by atoms with Crippen LogP contribution < -0.4 is 16.4 Å². The van der Waals surface area contributed by atoms with E-state index < -0.39 is 29.8 Å². The summed E-state index contributed by atoms with van der Waals surface area (Å²) < 4.78 is 1.28. The van der Waals surface area contributed by atoms with Crippen LogP contribution in [0.15, 0.2) is 16.9 Å². The molecule has 5 rings (SSSR count). The van der Waals surface area contributed by atoms with Crippen LogP contribution in [-0.2, 0) is 20.9 Å². The number of carbonyl (C=O) groups is 3. The van der Waals surface area contributed by atoms with Gasteiger partial charge in [-0.2, -0.15) is 5.26 Å². The summed E-state index contributed by atoms with van der Waals surface area (Å²) in [5, 5.41) is 46.0. The number of tetrazole rings is 1. The van der Waals surface area contributed by atoms with Crippen molar-refractivity contribution in [3.63, 3.8) is 0 Å². The molecule has 6 N–H and O–H groups in total. The van der Waals surface area contributed by atoms with Crippen molar-refractivity contribution in [2.45, 2.75) is 68.4 Å². The highest BCUT2D eigenvalue weighted by molar-refractivity contribution is 8.03. The SMILES string of the molecule is C[C@@H](NC(=O)Cn1cnnn1)[C@H]1C(=O)N2C(C(O)O)=C(S[C@@H]3CN[C@H](C(=O)N4CC(N)(CC#N)C4)C3)[C@H](C)[C@H]12. The van der Waals surface area contributed by atoms with E-state index in [4.69, 9.17) is 11.0 Å². The lowest BCUT2D eigenvalue weighted by atomic mass is 9.78. The number of likely N-dealkylation sites (tertiary alicyclic amines) is 1. The summed E-state index contributed by atoms with van der Waals surface area (Å²) in [6.07, 6.45) is 0.221. The van der Waals surface area contributed by atoms with Gasteiger partial charge in [-0.3, -0.25) is 14.4 Å². The molecule has 4 aliphatic rings. The molecule has 4 aliphatic heterocycles. The van der Waals surface area contributed by atoms with Crippen molar-refractivity contribution in [2.75, 3.05) is 19.6 Å². The minimum atomic E-state index is -1.83. The minimum Gasteiger partial charge on any atom is -0.363 e. The molecule has 3 saturated heterocycles. The first-order chi connectivity index (χ1) is 18.5. The van der Waals surface area contributed by atoms with Crippen molar-refractivity contribution in [1.82, 2.24) is 40.6 Å². The zero-order chi connectivity index (χ0) is 28.1. The molecule has 1 aromatic rings. The Bertz CT molecular complexity index is 1210. The Morgan fingerprint density at radius 1 is 1.41 bits per heavy atom. The van der Waals surface area contributed by atoms with Crippen molar-refractivity contribution in [3.05, 3.63) is 16.9 Å². The van der Waals surface area contributed by atoms with Gasteiger partial charge in [0.2, 0.25) is 17.7 Å². The first-order valence-electron chi connectivity index (χ1n) is 12.8. The molecule has 3 amide bonds. The molecule has 0 aliphatic carbocycles. The van der Waals surface area contributed by atoms with E-state index in [2.05, 4.69) is 32.2 Å². The Morgan fingerprint density at radius 3 is 2.79 bits per heavy atom. The van der Waals surface area contributed by atoms with Gasteiger partial charge >= 0.3 is 0 Å². The molecular weight excluding hydrogens is 528 g/mol. The van der Waals surface area contributed by atoms with Crippen molar-refractivity contribution in [1.29, 1.82) is 5.26 Å². The largest absolute Gasteiger partial charge is 0.363 e. The fourth-order valence-corrected chi connectivity index (χ4v) is 7.60. The maximum Gasteiger partial charge on any atom is 0.242 e. The molecule has 0 unspecified atom stereocenters. The molecule has 0 aromatic carbocycles. The lowest BCUT2D eigenvalue weighted by molar-refractivity contribution is -0.159. The molecule has 16 heteroatoms. The number of nitrogens with zero attached hydrogens (tertiary/aromatic N) is 7. The third kappa shape index (κ3) is 5.00. The number of carbonyl (C=O) groups excluding carboxylic acids is 3. The molecule has 15 nitrogen and oxygen atoms in total. The second kappa shape index (κ2) is 10.5. The van der Waals surface area contributed by atoms with E-state index in [1.807, 2.05) is 6.92 Å². The summed E-state index contributed by atoms with van der Waals surface area (Å²) in [7, 11) is 0. The number of hydrogen-bond acceptors (Lipinski definition) is 12. The minimum absolute atomic E-state index is 0.0196. The predicted octanol–water partition coefficient (Wildman–Crippen LogP) is -2.91. The van der Waals surface area contributed by atoms with Crippen molar-refractivity contribution in [3.8, 4) is 6.07 Å². The lowest BCUT2D eigenvalue weighted by Gasteiger charge is -2.48. The molecule has 3 fully saturated rings. The third-order valence-electron chi connectivity index (χ3n) is 7.93. The molecule has 0 radical (unpaired) electrons. The maximum absolute atomic E-state index is 13.2. The van der Waals surface area contributed by atoms with Crippen molar-refractivity contribution >= 4 is 29.5 Å². The fourth-order valence-electron chi connectivity index (χ4n) is 6.09. The number of thioether (sulfide) groups is 1. The summed E-state index contributed by atoms with van der Waals surface area (Å²) in [5.41, 5.74) is 5.64. The summed E-state index contributed by atoms with van der Waals surface area (Å²) in [5.74, 6) is -1.40. The smallest absolute Gasteiger partial charge is 0.242 e. The average Bonchev–Trinajstić information content (AvgIpc) is 3.58. The zero-order valence-corrected chi connectivity index (χ0v) is 22.4. The van der Waals surface area contributed by atoms with Gasteiger partial charge in [0.25, 0.3) is 0 Å². The number of aliphatic hydroxyl groups excluding tert-OH is 1. The van der Waals surface area contributed by atoms with E-state index >= 15 is 0 Å². The van der Waals surface area contributed by atoms with Crippen LogP contribution in [0.25, 0.3) is 0 Å². The van der Waals surface area contributed by atoms with Gasteiger partial charge in [-0.25, -0.2) is 4.68 Å². The van der Waals surface area contributed by atoms with Gasteiger partial charge in [0.1, 0.15) is 12.9 Å². The highest BCUT2D eigenvalue weighted by atomic mass is 32.2. The fraction of sp³-hybridized carbons (Fsp3) is 0.696. The number of aromatic nitrogens is 4. The Balaban J connectivity index is 1.20. The van der Waals surface area contributed by atoms with E-state index in [9.17, 15) is 24.6 Å². The van der Waals surface area contributed by atoms with E-state index in [1.54, 1.807) is 11.8 Å². The number of nitrogens with two attached hydrogens (primary N) is 1. The van der Waals surface area contributed by atoms with Gasteiger partial charge in [-0.1, -0.05) is 6.92 Å². The Hall–Kier alpha value is -3.10. The number of β-lactam (4-membered cyclic amide) rings is 1. The van der Waals surface area contributed by atoms with E-state index in [0.717, 1.165) is 0 Å².